The van der Waals surface area contributed by atoms with Crippen molar-refractivity contribution in [3.63, 3.8) is 0 Å². The number of pyridine rings is 1. The first-order chi connectivity index (χ1) is 9.63. The van der Waals surface area contributed by atoms with E-state index in [1.165, 1.54) is 12.1 Å². The molecule has 0 aliphatic heterocycles. The summed E-state index contributed by atoms with van der Waals surface area (Å²) in [5, 5.41) is 4.43. The third-order valence-electron chi connectivity index (χ3n) is 3.33. The average Bonchev–Trinajstić information content (AvgIpc) is 2.89. The van der Waals surface area contributed by atoms with Crippen LogP contribution in [-0.2, 0) is 6.42 Å². The van der Waals surface area contributed by atoms with Gasteiger partial charge in [-0.1, -0.05) is 13.8 Å². The molecule has 4 nitrogen and oxygen atoms in total. The van der Waals surface area contributed by atoms with Crippen LogP contribution in [0.3, 0.4) is 0 Å². The van der Waals surface area contributed by atoms with Gasteiger partial charge in [0, 0.05) is 6.20 Å². The summed E-state index contributed by atoms with van der Waals surface area (Å²) in [6.45, 7) is 4.23. The number of Topliss-reactive ketones (excluding diaryl/α,β-unsaturated/α-hetero) is 1. The summed E-state index contributed by atoms with van der Waals surface area (Å²) in [6.07, 6.45) is 5.15. The Kier molecular flexibility index (Phi) is 4.61. The van der Waals surface area contributed by atoms with Crippen LogP contribution >= 0.6 is 0 Å². The van der Waals surface area contributed by atoms with Gasteiger partial charge in [-0.15, -0.1) is 0 Å². The van der Waals surface area contributed by atoms with E-state index in [9.17, 15) is 9.18 Å². The van der Waals surface area contributed by atoms with Crippen molar-refractivity contribution in [1.82, 2.24) is 14.8 Å². The highest BCUT2D eigenvalue weighted by Gasteiger charge is 2.13. The zero-order chi connectivity index (χ0) is 14.5. The van der Waals surface area contributed by atoms with Gasteiger partial charge in [0.1, 0.15) is 11.5 Å². The molecule has 2 aromatic rings. The largest absolute Gasteiger partial charge is 0.292 e. The first-order valence-electron chi connectivity index (χ1n) is 6.82. The first kappa shape index (κ1) is 14.4. The number of carbonyl (C=O) groups is 1. The Bertz CT molecular complexity index is 573. The van der Waals surface area contributed by atoms with Crippen LogP contribution in [0.4, 0.5) is 4.39 Å². The predicted molar refractivity (Wildman–Crippen MR) is 74.1 cm³/mol. The van der Waals surface area contributed by atoms with E-state index in [0.717, 1.165) is 19.0 Å². The Hall–Kier alpha value is -2.04. The molecule has 0 radical (unpaired) electrons. The van der Waals surface area contributed by atoms with Crippen LogP contribution in [0.2, 0.25) is 0 Å². The van der Waals surface area contributed by atoms with E-state index >= 15 is 0 Å². The molecule has 0 spiro atoms. The van der Waals surface area contributed by atoms with Crippen molar-refractivity contribution in [1.29, 1.82) is 0 Å². The fourth-order valence-corrected chi connectivity index (χ4v) is 2.13. The Morgan fingerprint density at radius 1 is 1.30 bits per heavy atom. The van der Waals surface area contributed by atoms with E-state index in [1.807, 2.05) is 16.9 Å². The average molecular weight is 275 g/mol. The quantitative estimate of drug-likeness (QED) is 0.761. The molecule has 106 valence electrons. The minimum atomic E-state index is -0.445. The van der Waals surface area contributed by atoms with Crippen molar-refractivity contribution in [2.75, 3.05) is 0 Å². The molecule has 0 saturated heterocycles. The molecular weight excluding hydrogens is 257 g/mol. The molecule has 2 heterocycles. The molecular formula is C15H18FN3O. The van der Waals surface area contributed by atoms with E-state index in [0.29, 0.717) is 11.7 Å². The van der Waals surface area contributed by atoms with E-state index in [-0.39, 0.29) is 17.9 Å². The fraction of sp³-hybridized carbons (Fsp3) is 0.400. The van der Waals surface area contributed by atoms with Gasteiger partial charge in [-0.05, 0) is 31.0 Å². The number of nitrogens with zero attached hydrogens (tertiary/aromatic N) is 3. The summed E-state index contributed by atoms with van der Waals surface area (Å²) in [5.41, 5.74) is 0.983. The topological polar surface area (TPSA) is 47.8 Å². The maximum Gasteiger partial charge on any atom is 0.187 e. The van der Waals surface area contributed by atoms with Gasteiger partial charge in [0.25, 0.3) is 0 Å². The Morgan fingerprint density at radius 3 is 2.65 bits per heavy atom. The Morgan fingerprint density at radius 2 is 2.05 bits per heavy atom. The van der Waals surface area contributed by atoms with Crippen LogP contribution in [0, 0.1) is 5.82 Å². The molecule has 2 rings (SSSR count). The molecule has 0 bridgehead atoms. The van der Waals surface area contributed by atoms with Crippen LogP contribution in [0.15, 0.2) is 30.6 Å². The molecule has 0 N–H and O–H groups in total. The molecule has 0 amide bonds. The maximum absolute atomic E-state index is 12.8. The standard InChI is InChI=1S/C15H18FN3O/c1-3-13(4-2)19-8-7-12(18-19)9-15(20)14-6-5-11(16)10-17-14/h5-8,10,13H,3-4,9H2,1-2H3. The van der Waals surface area contributed by atoms with Crippen molar-refractivity contribution >= 4 is 5.78 Å². The number of aromatic nitrogens is 3. The third kappa shape index (κ3) is 3.29. The van der Waals surface area contributed by atoms with Gasteiger partial charge >= 0.3 is 0 Å². The van der Waals surface area contributed by atoms with Gasteiger partial charge in [0.2, 0.25) is 0 Å². The molecule has 20 heavy (non-hydrogen) atoms. The van der Waals surface area contributed by atoms with Gasteiger partial charge in [0.15, 0.2) is 5.78 Å². The summed E-state index contributed by atoms with van der Waals surface area (Å²) in [6, 6.07) is 4.85. The summed E-state index contributed by atoms with van der Waals surface area (Å²) < 4.78 is 14.7. The maximum atomic E-state index is 12.8. The van der Waals surface area contributed by atoms with Gasteiger partial charge in [0.05, 0.1) is 24.4 Å². The van der Waals surface area contributed by atoms with Gasteiger partial charge in [-0.25, -0.2) is 4.39 Å². The van der Waals surface area contributed by atoms with Crippen molar-refractivity contribution in [2.24, 2.45) is 0 Å². The molecule has 0 unspecified atom stereocenters. The van der Waals surface area contributed by atoms with Crippen molar-refractivity contribution in [3.05, 3.63) is 47.8 Å². The van der Waals surface area contributed by atoms with Crippen molar-refractivity contribution in [2.45, 2.75) is 39.2 Å². The lowest BCUT2D eigenvalue weighted by molar-refractivity contribution is 0.0987. The number of carbonyl (C=O) groups excluding carboxylic acids is 1. The van der Waals surface area contributed by atoms with Gasteiger partial charge in [-0.2, -0.15) is 5.10 Å². The molecule has 2 aromatic heterocycles. The number of hydrogen-bond donors (Lipinski definition) is 0. The van der Waals surface area contributed by atoms with Crippen molar-refractivity contribution < 1.29 is 9.18 Å². The van der Waals surface area contributed by atoms with Crippen LogP contribution in [-0.4, -0.2) is 20.5 Å². The number of hydrogen-bond acceptors (Lipinski definition) is 3. The van der Waals surface area contributed by atoms with Crippen molar-refractivity contribution in [3.8, 4) is 0 Å². The normalized spacial score (nSPS) is 11.0. The second-order valence-corrected chi connectivity index (χ2v) is 4.72. The second kappa shape index (κ2) is 6.41. The first-order valence-corrected chi connectivity index (χ1v) is 6.82. The van der Waals surface area contributed by atoms with E-state index in [2.05, 4.69) is 23.9 Å². The minimum Gasteiger partial charge on any atom is -0.292 e. The van der Waals surface area contributed by atoms with E-state index in [4.69, 9.17) is 0 Å². The summed E-state index contributed by atoms with van der Waals surface area (Å²) in [5.74, 6) is -0.598. The zero-order valence-electron chi connectivity index (χ0n) is 11.7. The summed E-state index contributed by atoms with van der Waals surface area (Å²) >= 11 is 0. The van der Waals surface area contributed by atoms with E-state index in [1.54, 1.807) is 0 Å². The molecule has 5 heteroatoms. The van der Waals surface area contributed by atoms with Crippen LogP contribution in [0.25, 0.3) is 0 Å². The van der Waals surface area contributed by atoms with Gasteiger partial charge in [-0.3, -0.25) is 14.5 Å². The fourth-order valence-electron chi connectivity index (χ4n) is 2.13. The SMILES string of the molecule is CCC(CC)n1ccc(CC(=O)c2ccc(F)cn2)n1. The van der Waals surface area contributed by atoms with E-state index < -0.39 is 5.82 Å². The number of rotatable bonds is 6. The van der Waals surface area contributed by atoms with Crippen LogP contribution in [0.5, 0.6) is 0 Å². The Labute approximate surface area is 117 Å². The molecule has 0 saturated carbocycles. The minimum absolute atomic E-state index is 0.153. The predicted octanol–water partition coefficient (Wildman–Crippen LogP) is 3.20. The molecule has 0 aliphatic rings. The second-order valence-electron chi connectivity index (χ2n) is 4.72. The smallest absolute Gasteiger partial charge is 0.187 e. The number of ketones is 1. The van der Waals surface area contributed by atoms with Crippen LogP contribution in [0.1, 0.15) is 48.9 Å². The highest BCUT2D eigenvalue weighted by atomic mass is 19.1. The van der Waals surface area contributed by atoms with Gasteiger partial charge < -0.3 is 0 Å². The highest BCUT2D eigenvalue weighted by molar-refractivity contribution is 5.95. The Balaban J connectivity index is 2.06. The molecule has 0 atom stereocenters. The molecule has 0 fully saturated rings. The third-order valence-corrected chi connectivity index (χ3v) is 3.33. The summed E-state index contributed by atoms with van der Waals surface area (Å²) in [4.78, 5) is 15.8. The zero-order valence-corrected chi connectivity index (χ0v) is 11.7. The monoisotopic (exact) mass is 275 g/mol. The van der Waals surface area contributed by atoms with Crippen LogP contribution < -0.4 is 0 Å². The summed E-state index contributed by atoms with van der Waals surface area (Å²) in [7, 11) is 0. The lowest BCUT2D eigenvalue weighted by Gasteiger charge is -2.12. The molecule has 0 aromatic carbocycles. The lowest BCUT2D eigenvalue weighted by Crippen LogP contribution is -2.10. The molecule has 0 aliphatic carbocycles. The lowest BCUT2D eigenvalue weighted by atomic mass is 10.1. The number of halogens is 1. The highest BCUT2D eigenvalue weighted by Crippen LogP contribution is 2.15.